The molecule has 2 rings (SSSR count). The minimum absolute atomic E-state index is 0.00432. The number of rotatable bonds is 7. The maximum Gasteiger partial charge on any atom is 0.238 e. The monoisotopic (exact) mass is 367 g/mol. The lowest BCUT2D eigenvalue weighted by atomic mass is 10.1. The summed E-state index contributed by atoms with van der Waals surface area (Å²) in [5.41, 5.74) is 8.70. The van der Waals surface area contributed by atoms with Gasteiger partial charge in [-0.2, -0.15) is 0 Å². The Morgan fingerprint density at radius 2 is 1.37 bits per heavy atom. The smallest absolute Gasteiger partial charge is 0.238 e. The summed E-state index contributed by atoms with van der Waals surface area (Å²) < 4.78 is 0. The number of anilines is 1. The van der Waals surface area contributed by atoms with Crippen molar-refractivity contribution in [2.45, 2.75) is 39.5 Å². The molecule has 0 aliphatic rings. The molecule has 2 aromatic rings. The zero-order chi connectivity index (χ0) is 19.6. The number of hydrogen-bond acceptors (Lipinski definition) is 3. The molecule has 0 fully saturated rings. The van der Waals surface area contributed by atoms with E-state index < -0.39 is 5.91 Å². The van der Waals surface area contributed by atoms with Crippen LogP contribution in [0.5, 0.6) is 0 Å². The van der Waals surface area contributed by atoms with Crippen LogP contribution in [0.4, 0.5) is 5.69 Å². The Morgan fingerprint density at radius 3 is 2.04 bits per heavy atom. The molecule has 0 unspecified atom stereocenters. The molecule has 6 heteroatoms. The van der Waals surface area contributed by atoms with Crippen LogP contribution in [0.15, 0.2) is 48.5 Å². The van der Waals surface area contributed by atoms with Crippen LogP contribution in [-0.4, -0.2) is 17.7 Å². The van der Waals surface area contributed by atoms with Crippen LogP contribution >= 0.6 is 0 Å². The quantitative estimate of drug-likeness (QED) is 0.658. The molecular formula is C21H25N3O3. The Bertz CT molecular complexity index is 804. The third-order valence-electron chi connectivity index (χ3n) is 4.19. The van der Waals surface area contributed by atoms with Crippen LogP contribution in [0.1, 0.15) is 36.0 Å². The maximum absolute atomic E-state index is 11.9. The third kappa shape index (κ3) is 7.32. The number of aryl methyl sites for hydroxylation is 3. The topological polar surface area (TPSA) is 87.3 Å². The van der Waals surface area contributed by atoms with Gasteiger partial charge in [0, 0.05) is 24.9 Å². The zero-order valence-electron chi connectivity index (χ0n) is 15.7. The summed E-state index contributed by atoms with van der Waals surface area (Å²) in [4.78, 5) is 35.5. The lowest BCUT2D eigenvalue weighted by Gasteiger charge is -2.09. The molecule has 3 amide bonds. The van der Waals surface area contributed by atoms with E-state index in [9.17, 15) is 14.4 Å². The highest BCUT2D eigenvalue weighted by atomic mass is 16.2. The Morgan fingerprint density at radius 1 is 0.741 bits per heavy atom. The Hall–Kier alpha value is -3.15. The molecule has 0 heterocycles. The molecule has 0 spiro atoms. The van der Waals surface area contributed by atoms with Gasteiger partial charge in [-0.25, -0.2) is 0 Å². The van der Waals surface area contributed by atoms with Gasteiger partial charge in [-0.1, -0.05) is 36.4 Å². The lowest BCUT2D eigenvalue weighted by molar-refractivity contribution is -0.129. The predicted molar refractivity (Wildman–Crippen MR) is 105 cm³/mol. The van der Waals surface area contributed by atoms with Crippen molar-refractivity contribution < 1.29 is 14.4 Å². The normalized spacial score (nSPS) is 10.1. The summed E-state index contributed by atoms with van der Waals surface area (Å²) in [7, 11) is 0. The van der Waals surface area contributed by atoms with Gasteiger partial charge >= 0.3 is 0 Å². The summed E-state index contributed by atoms with van der Waals surface area (Å²) in [5.74, 6) is -0.922. The van der Waals surface area contributed by atoms with E-state index in [1.54, 1.807) is 0 Å². The van der Waals surface area contributed by atoms with E-state index in [2.05, 4.69) is 16.2 Å². The average molecular weight is 367 g/mol. The Kier molecular flexibility index (Phi) is 7.55. The largest absolute Gasteiger partial charge is 0.326 e. The van der Waals surface area contributed by atoms with Crippen molar-refractivity contribution in [2.75, 3.05) is 5.32 Å². The maximum atomic E-state index is 11.9. The SMILES string of the molecule is Cc1ccc(NC(=O)CCC(=O)NNC(=O)CCc2ccccc2)cc1C. The second kappa shape index (κ2) is 10.1. The highest BCUT2D eigenvalue weighted by molar-refractivity contribution is 5.93. The average Bonchev–Trinajstić information content (AvgIpc) is 2.67. The van der Waals surface area contributed by atoms with Crippen molar-refractivity contribution in [3.63, 3.8) is 0 Å². The fraction of sp³-hybridized carbons (Fsp3) is 0.286. The number of carbonyl (C=O) groups excluding carboxylic acids is 3. The number of amides is 3. The van der Waals surface area contributed by atoms with Crippen molar-refractivity contribution in [3.05, 3.63) is 65.2 Å². The molecule has 3 N–H and O–H groups in total. The summed E-state index contributed by atoms with van der Waals surface area (Å²) in [6.07, 6.45) is 0.909. The third-order valence-corrected chi connectivity index (χ3v) is 4.19. The standard InChI is InChI=1S/C21H25N3O3/c1-15-8-10-18(14-16(15)2)22-19(25)12-13-21(27)24-23-20(26)11-9-17-6-4-3-5-7-17/h3-8,10,14H,9,11-13H2,1-2H3,(H,22,25)(H,23,26)(H,24,27). The van der Waals surface area contributed by atoms with Crippen molar-refractivity contribution in [2.24, 2.45) is 0 Å². The number of benzene rings is 2. The number of nitrogens with one attached hydrogen (secondary N) is 3. The van der Waals surface area contributed by atoms with Gasteiger partial charge in [0.2, 0.25) is 17.7 Å². The first-order valence-electron chi connectivity index (χ1n) is 8.93. The van der Waals surface area contributed by atoms with Crippen LogP contribution in [0.25, 0.3) is 0 Å². The molecule has 0 aromatic heterocycles. The van der Waals surface area contributed by atoms with E-state index in [4.69, 9.17) is 0 Å². The van der Waals surface area contributed by atoms with Crippen molar-refractivity contribution in [1.29, 1.82) is 0 Å². The number of hydrogen-bond donors (Lipinski definition) is 3. The summed E-state index contributed by atoms with van der Waals surface area (Å²) in [6.45, 7) is 3.97. The van der Waals surface area contributed by atoms with Crippen LogP contribution < -0.4 is 16.2 Å². The lowest BCUT2D eigenvalue weighted by Crippen LogP contribution is -2.41. The van der Waals surface area contributed by atoms with Gasteiger partial charge in [0.25, 0.3) is 0 Å². The van der Waals surface area contributed by atoms with Crippen molar-refractivity contribution in [1.82, 2.24) is 10.9 Å². The molecule has 0 aliphatic heterocycles. The van der Waals surface area contributed by atoms with Gasteiger partial charge in [-0.05, 0) is 49.1 Å². The molecule has 6 nitrogen and oxygen atoms in total. The molecule has 0 aliphatic carbocycles. The first kappa shape index (κ1) is 20.2. The van der Waals surface area contributed by atoms with E-state index in [1.807, 2.05) is 62.4 Å². The molecule has 27 heavy (non-hydrogen) atoms. The first-order valence-corrected chi connectivity index (χ1v) is 8.93. The number of carbonyl (C=O) groups is 3. The van der Waals surface area contributed by atoms with Crippen molar-refractivity contribution in [3.8, 4) is 0 Å². The molecule has 2 aromatic carbocycles. The van der Waals surface area contributed by atoms with Gasteiger partial charge in [0.05, 0.1) is 0 Å². The molecule has 0 saturated carbocycles. The summed E-state index contributed by atoms with van der Waals surface area (Å²) >= 11 is 0. The number of hydrazine groups is 1. The van der Waals surface area contributed by atoms with Crippen LogP contribution in [0, 0.1) is 13.8 Å². The summed E-state index contributed by atoms with van der Waals surface area (Å²) in [6, 6.07) is 15.3. The zero-order valence-corrected chi connectivity index (χ0v) is 15.7. The molecule has 142 valence electrons. The first-order chi connectivity index (χ1) is 12.9. The second-order valence-electron chi connectivity index (χ2n) is 6.43. The molecule has 0 atom stereocenters. The fourth-order valence-corrected chi connectivity index (χ4v) is 2.44. The van der Waals surface area contributed by atoms with E-state index in [-0.39, 0.29) is 31.1 Å². The van der Waals surface area contributed by atoms with Crippen LogP contribution in [-0.2, 0) is 20.8 Å². The van der Waals surface area contributed by atoms with Crippen LogP contribution in [0.3, 0.4) is 0 Å². The highest BCUT2D eigenvalue weighted by Crippen LogP contribution is 2.14. The van der Waals surface area contributed by atoms with Gasteiger partial charge < -0.3 is 5.32 Å². The van der Waals surface area contributed by atoms with E-state index in [0.29, 0.717) is 12.1 Å². The predicted octanol–water partition coefficient (Wildman–Crippen LogP) is 2.80. The second-order valence-corrected chi connectivity index (χ2v) is 6.43. The van der Waals surface area contributed by atoms with Gasteiger partial charge in [0.1, 0.15) is 0 Å². The van der Waals surface area contributed by atoms with Gasteiger partial charge in [0.15, 0.2) is 0 Å². The van der Waals surface area contributed by atoms with E-state index >= 15 is 0 Å². The van der Waals surface area contributed by atoms with E-state index in [1.165, 1.54) is 0 Å². The van der Waals surface area contributed by atoms with Crippen molar-refractivity contribution >= 4 is 23.4 Å². The summed E-state index contributed by atoms with van der Waals surface area (Å²) in [5, 5.41) is 2.76. The minimum Gasteiger partial charge on any atom is -0.326 e. The molecule has 0 bridgehead atoms. The highest BCUT2D eigenvalue weighted by Gasteiger charge is 2.09. The van der Waals surface area contributed by atoms with Gasteiger partial charge in [-0.15, -0.1) is 0 Å². The molecule has 0 saturated heterocycles. The van der Waals surface area contributed by atoms with E-state index in [0.717, 1.165) is 16.7 Å². The van der Waals surface area contributed by atoms with Crippen LogP contribution in [0.2, 0.25) is 0 Å². The van der Waals surface area contributed by atoms with Gasteiger partial charge in [-0.3, -0.25) is 25.2 Å². The Balaban J connectivity index is 1.64. The Labute approximate surface area is 159 Å². The molecule has 0 radical (unpaired) electrons. The molecular weight excluding hydrogens is 342 g/mol. The minimum atomic E-state index is -0.404. The fourth-order valence-electron chi connectivity index (χ4n) is 2.44.